The van der Waals surface area contributed by atoms with Gasteiger partial charge in [0.25, 0.3) is 0 Å². The third-order valence-electron chi connectivity index (χ3n) is 4.99. The van der Waals surface area contributed by atoms with Gasteiger partial charge < -0.3 is 14.6 Å². The molecule has 2 heterocycles. The summed E-state index contributed by atoms with van der Waals surface area (Å²) in [5.41, 5.74) is 1.73. The molecule has 2 aromatic heterocycles. The number of thiophene rings is 1. The summed E-state index contributed by atoms with van der Waals surface area (Å²) in [6.07, 6.45) is 4.13. The van der Waals surface area contributed by atoms with Gasteiger partial charge in [-0.3, -0.25) is 4.79 Å². The third kappa shape index (κ3) is 4.87. The van der Waals surface area contributed by atoms with E-state index >= 15 is 0 Å². The van der Waals surface area contributed by atoms with Gasteiger partial charge in [0.15, 0.2) is 11.0 Å². The highest BCUT2D eigenvalue weighted by Crippen LogP contribution is 2.37. The maximum Gasteiger partial charge on any atom is 0.235 e. The second kappa shape index (κ2) is 9.73. The molecule has 160 valence electrons. The van der Waals surface area contributed by atoms with E-state index in [1.54, 1.807) is 16.7 Å². The van der Waals surface area contributed by atoms with E-state index < -0.39 is 0 Å². The van der Waals surface area contributed by atoms with Gasteiger partial charge >= 0.3 is 0 Å². The van der Waals surface area contributed by atoms with Gasteiger partial charge in [0, 0.05) is 11.9 Å². The predicted octanol–water partition coefficient (Wildman–Crippen LogP) is 4.59. The van der Waals surface area contributed by atoms with E-state index in [1.165, 1.54) is 28.0 Å². The topological polar surface area (TPSA) is 92.8 Å². The number of aryl methyl sites for hydroxylation is 1. The summed E-state index contributed by atoms with van der Waals surface area (Å²) < 4.78 is 7.50. The van der Waals surface area contributed by atoms with Gasteiger partial charge in [0.05, 0.1) is 16.3 Å². The van der Waals surface area contributed by atoms with E-state index in [4.69, 9.17) is 16.3 Å². The predicted molar refractivity (Wildman–Crippen MR) is 122 cm³/mol. The van der Waals surface area contributed by atoms with Crippen LogP contribution >= 0.6 is 34.7 Å². The fourth-order valence-corrected chi connectivity index (χ4v) is 5.54. The van der Waals surface area contributed by atoms with E-state index in [0.717, 1.165) is 31.2 Å². The van der Waals surface area contributed by atoms with E-state index in [-0.39, 0.29) is 18.3 Å². The quantitative estimate of drug-likeness (QED) is 0.504. The molecule has 1 aliphatic carbocycles. The van der Waals surface area contributed by atoms with Gasteiger partial charge in [-0.1, -0.05) is 35.5 Å². The van der Waals surface area contributed by atoms with Crippen molar-refractivity contribution in [2.24, 2.45) is 7.05 Å². The number of aromatic nitrogens is 3. The Hall–Kier alpha value is -2.54. The van der Waals surface area contributed by atoms with Gasteiger partial charge in [0.1, 0.15) is 23.4 Å². The number of thioether (sulfide) groups is 1. The number of nitrogens with zero attached hydrogens (tertiary/aromatic N) is 4. The molecule has 3 aromatic rings. The maximum atomic E-state index is 12.5. The summed E-state index contributed by atoms with van der Waals surface area (Å²) in [6.45, 7) is 0.215. The Morgan fingerprint density at radius 3 is 2.97 bits per heavy atom. The van der Waals surface area contributed by atoms with Crippen LogP contribution < -0.4 is 10.1 Å². The zero-order valence-electron chi connectivity index (χ0n) is 16.9. The first-order valence-electron chi connectivity index (χ1n) is 9.79. The van der Waals surface area contributed by atoms with E-state index in [1.807, 2.05) is 19.2 Å². The number of rotatable bonds is 7. The molecule has 0 atom stereocenters. The highest BCUT2D eigenvalue weighted by atomic mass is 35.5. The Balaban J connectivity index is 1.35. The minimum atomic E-state index is -0.169. The number of carbonyl (C=O) groups is 1. The second-order valence-corrected chi connectivity index (χ2v) is 9.50. The number of fused-ring (bicyclic) bond motifs is 1. The van der Waals surface area contributed by atoms with Crippen LogP contribution in [-0.2, 0) is 31.3 Å². The number of halogens is 1. The van der Waals surface area contributed by atoms with Crippen molar-refractivity contribution in [2.45, 2.75) is 37.4 Å². The Kier molecular flexibility index (Phi) is 6.80. The molecule has 4 rings (SSSR count). The average molecular weight is 474 g/mol. The average Bonchev–Trinajstić information content (AvgIpc) is 3.30. The molecule has 0 unspecified atom stereocenters. The van der Waals surface area contributed by atoms with Crippen molar-refractivity contribution in [1.29, 1.82) is 5.26 Å². The molecule has 0 saturated carbocycles. The molecular formula is C21H20ClN5O2S2. The zero-order chi connectivity index (χ0) is 21.8. The SMILES string of the molecule is Cn1c(COc2ccccc2Cl)nnc1SCC(=O)Nc1sc2c(c1C#N)CCCC2. The lowest BCUT2D eigenvalue weighted by Crippen LogP contribution is -2.14. The first kappa shape index (κ1) is 21.7. The van der Waals surface area contributed by atoms with Crippen LogP contribution in [0, 0.1) is 11.3 Å². The number of amides is 1. The van der Waals surface area contributed by atoms with Crippen LogP contribution in [0.1, 0.15) is 34.7 Å². The second-order valence-electron chi connectivity index (χ2n) is 7.04. The van der Waals surface area contributed by atoms with Gasteiger partial charge in [-0.25, -0.2) is 0 Å². The van der Waals surface area contributed by atoms with Gasteiger partial charge in [-0.05, 0) is 43.4 Å². The Labute approximate surface area is 193 Å². The number of carbonyl (C=O) groups excluding carboxylic acids is 1. The fraction of sp³-hybridized carbons (Fsp3) is 0.333. The Bertz CT molecular complexity index is 1150. The monoisotopic (exact) mass is 473 g/mol. The van der Waals surface area contributed by atoms with Crippen molar-refractivity contribution in [2.75, 3.05) is 11.1 Å². The van der Waals surface area contributed by atoms with E-state index in [0.29, 0.717) is 32.3 Å². The summed E-state index contributed by atoms with van der Waals surface area (Å²) in [6, 6.07) is 9.50. The Morgan fingerprint density at radius 1 is 1.35 bits per heavy atom. The zero-order valence-corrected chi connectivity index (χ0v) is 19.2. The lowest BCUT2D eigenvalue weighted by atomic mass is 9.96. The number of nitrogens with one attached hydrogen (secondary N) is 1. The number of anilines is 1. The van der Waals surface area contributed by atoms with Crippen molar-refractivity contribution in [1.82, 2.24) is 14.8 Å². The number of nitriles is 1. The lowest BCUT2D eigenvalue weighted by Gasteiger charge is -2.09. The van der Waals surface area contributed by atoms with E-state index in [2.05, 4.69) is 21.6 Å². The van der Waals surface area contributed by atoms with Gasteiger partial charge in [-0.2, -0.15) is 5.26 Å². The molecule has 0 radical (unpaired) electrons. The maximum absolute atomic E-state index is 12.5. The molecule has 0 fully saturated rings. The van der Waals surface area contributed by atoms with Crippen molar-refractivity contribution in [3.05, 3.63) is 51.1 Å². The largest absolute Gasteiger partial charge is 0.484 e. The summed E-state index contributed by atoms with van der Waals surface area (Å²) in [7, 11) is 1.83. The number of hydrogen-bond acceptors (Lipinski definition) is 7. The Morgan fingerprint density at radius 2 is 2.16 bits per heavy atom. The van der Waals surface area contributed by atoms with Crippen LogP contribution in [0.15, 0.2) is 29.4 Å². The molecule has 0 spiro atoms. The van der Waals surface area contributed by atoms with Crippen LogP contribution in [0.4, 0.5) is 5.00 Å². The van der Waals surface area contributed by atoms with Crippen molar-refractivity contribution in [3.8, 4) is 11.8 Å². The molecule has 0 aliphatic heterocycles. The molecule has 7 nitrogen and oxygen atoms in total. The molecule has 1 amide bonds. The van der Waals surface area contributed by atoms with Crippen molar-refractivity contribution < 1.29 is 9.53 Å². The third-order valence-corrected chi connectivity index (χ3v) is 7.53. The first-order chi connectivity index (χ1) is 15.1. The van der Waals surface area contributed by atoms with Crippen LogP contribution in [-0.4, -0.2) is 26.4 Å². The number of ether oxygens (including phenoxy) is 1. The first-order valence-corrected chi connectivity index (χ1v) is 12.0. The normalized spacial score (nSPS) is 12.8. The minimum Gasteiger partial charge on any atom is -0.484 e. The summed E-state index contributed by atoms with van der Waals surface area (Å²) in [4.78, 5) is 13.7. The van der Waals surface area contributed by atoms with Crippen LogP contribution in [0.3, 0.4) is 0 Å². The van der Waals surface area contributed by atoms with Gasteiger partial charge in [-0.15, -0.1) is 21.5 Å². The number of benzene rings is 1. The fourth-order valence-electron chi connectivity index (χ4n) is 3.37. The lowest BCUT2D eigenvalue weighted by molar-refractivity contribution is -0.113. The summed E-state index contributed by atoms with van der Waals surface area (Å²) in [5.74, 6) is 1.20. The summed E-state index contributed by atoms with van der Waals surface area (Å²) >= 11 is 8.92. The molecule has 31 heavy (non-hydrogen) atoms. The molecule has 0 bridgehead atoms. The molecular weight excluding hydrogens is 454 g/mol. The van der Waals surface area contributed by atoms with Crippen LogP contribution in [0.25, 0.3) is 0 Å². The smallest absolute Gasteiger partial charge is 0.235 e. The molecule has 10 heteroatoms. The molecule has 1 N–H and O–H groups in total. The highest BCUT2D eigenvalue weighted by Gasteiger charge is 2.22. The van der Waals surface area contributed by atoms with Gasteiger partial charge in [0.2, 0.25) is 5.91 Å². The van der Waals surface area contributed by atoms with E-state index in [9.17, 15) is 10.1 Å². The van der Waals surface area contributed by atoms with Crippen molar-refractivity contribution >= 4 is 45.6 Å². The van der Waals surface area contributed by atoms with Crippen LogP contribution in [0.5, 0.6) is 5.75 Å². The summed E-state index contributed by atoms with van der Waals surface area (Å²) in [5, 5.41) is 22.5. The molecule has 1 aromatic carbocycles. The van der Waals surface area contributed by atoms with Crippen molar-refractivity contribution in [3.63, 3.8) is 0 Å². The number of para-hydroxylation sites is 1. The minimum absolute atomic E-state index is 0.169. The molecule has 0 saturated heterocycles. The van der Waals surface area contributed by atoms with Crippen LogP contribution in [0.2, 0.25) is 5.02 Å². The standard InChI is InChI=1S/C21H20ClN5O2S2/c1-27-18(11-29-16-8-4-3-7-15(16)22)25-26-21(27)30-12-19(28)24-20-14(10-23)13-6-2-5-9-17(13)31-20/h3-4,7-8H,2,5-6,9,11-12H2,1H3,(H,24,28). The highest BCUT2D eigenvalue weighted by molar-refractivity contribution is 7.99. The number of hydrogen-bond donors (Lipinski definition) is 1. The molecule has 1 aliphatic rings.